The zero-order chi connectivity index (χ0) is 16.7. The number of benzene rings is 1. The first-order chi connectivity index (χ1) is 11.6. The van der Waals surface area contributed by atoms with Crippen LogP contribution in [-0.2, 0) is 16.0 Å². The molecular formula is C18H24N4O2. The van der Waals surface area contributed by atoms with Crippen molar-refractivity contribution in [2.75, 3.05) is 19.7 Å². The fourth-order valence-electron chi connectivity index (χ4n) is 3.90. The highest BCUT2D eigenvalue weighted by atomic mass is 16.5. The number of hydrogen-bond donors (Lipinski definition) is 2. The topological polar surface area (TPSA) is 70.2 Å². The van der Waals surface area contributed by atoms with Crippen molar-refractivity contribution >= 4 is 16.9 Å². The summed E-state index contributed by atoms with van der Waals surface area (Å²) in [7, 11) is 0. The molecule has 6 heteroatoms. The van der Waals surface area contributed by atoms with E-state index in [0.29, 0.717) is 18.6 Å². The van der Waals surface area contributed by atoms with Gasteiger partial charge in [0.05, 0.1) is 30.2 Å². The number of imidazole rings is 1. The number of morpholine rings is 1. The number of hydrogen-bond acceptors (Lipinski definition) is 4. The molecule has 3 atom stereocenters. The third-order valence-corrected chi connectivity index (χ3v) is 4.99. The van der Waals surface area contributed by atoms with Crippen LogP contribution in [0.4, 0.5) is 0 Å². The smallest absolute Gasteiger partial charge is 0.224 e. The van der Waals surface area contributed by atoms with E-state index < -0.39 is 0 Å². The van der Waals surface area contributed by atoms with Crippen LogP contribution in [0.3, 0.4) is 0 Å². The highest BCUT2D eigenvalue weighted by Crippen LogP contribution is 2.23. The summed E-state index contributed by atoms with van der Waals surface area (Å²) in [6, 6.07) is 6.65. The molecule has 2 saturated heterocycles. The second-order valence-corrected chi connectivity index (χ2v) is 7.10. The maximum absolute atomic E-state index is 12.4. The monoisotopic (exact) mass is 328 g/mol. The number of fused-ring (bicyclic) bond motifs is 2. The van der Waals surface area contributed by atoms with Gasteiger partial charge in [0, 0.05) is 25.2 Å². The van der Waals surface area contributed by atoms with Gasteiger partial charge in [-0.3, -0.25) is 9.69 Å². The first-order valence-corrected chi connectivity index (χ1v) is 8.67. The van der Waals surface area contributed by atoms with Crippen LogP contribution in [0.15, 0.2) is 18.2 Å². The Labute approximate surface area is 141 Å². The van der Waals surface area contributed by atoms with Crippen molar-refractivity contribution in [2.24, 2.45) is 0 Å². The summed E-state index contributed by atoms with van der Waals surface area (Å²) in [5.74, 6) is 0.982. The highest BCUT2D eigenvalue weighted by molar-refractivity contribution is 5.82. The van der Waals surface area contributed by atoms with Gasteiger partial charge in [-0.05, 0) is 38.0 Å². The Morgan fingerprint density at radius 3 is 3.21 bits per heavy atom. The van der Waals surface area contributed by atoms with Gasteiger partial charge in [-0.15, -0.1) is 0 Å². The minimum Gasteiger partial charge on any atom is -0.376 e. The van der Waals surface area contributed by atoms with E-state index in [1.54, 1.807) is 0 Å². The molecule has 0 aliphatic carbocycles. The van der Waals surface area contributed by atoms with Crippen LogP contribution >= 0.6 is 0 Å². The molecule has 0 radical (unpaired) electrons. The summed E-state index contributed by atoms with van der Waals surface area (Å²) < 4.78 is 5.72. The molecule has 3 heterocycles. The number of carbonyl (C=O) groups excluding carboxylic acids is 1. The van der Waals surface area contributed by atoms with Crippen LogP contribution in [-0.4, -0.2) is 58.7 Å². The Morgan fingerprint density at radius 1 is 1.46 bits per heavy atom. The molecule has 0 bridgehead atoms. The van der Waals surface area contributed by atoms with Crippen LogP contribution < -0.4 is 5.32 Å². The highest BCUT2D eigenvalue weighted by Gasteiger charge is 2.36. The Morgan fingerprint density at radius 2 is 2.33 bits per heavy atom. The summed E-state index contributed by atoms with van der Waals surface area (Å²) in [6.07, 6.45) is 1.68. The maximum atomic E-state index is 12.4. The van der Waals surface area contributed by atoms with Gasteiger partial charge < -0.3 is 15.0 Å². The quantitative estimate of drug-likeness (QED) is 0.893. The minimum atomic E-state index is 0.0874. The molecule has 2 aromatic rings. The van der Waals surface area contributed by atoms with Crippen molar-refractivity contribution in [1.29, 1.82) is 0 Å². The van der Waals surface area contributed by atoms with E-state index in [9.17, 15) is 4.79 Å². The Bertz CT molecular complexity index is 757. The number of H-pyrrole nitrogens is 1. The normalized spacial score (nSPS) is 27.3. The summed E-state index contributed by atoms with van der Waals surface area (Å²) in [6.45, 7) is 6.72. The van der Waals surface area contributed by atoms with Crippen LogP contribution in [0.25, 0.3) is 11.0 Å². The van der Waals surface area contributed by atoms with E-state index in [4.69, 9.17) is 4.74 Å². The Kier molecular flexibility index (Phi) is 4.02. The number of aromatic nitrogens is 2. The van der Waals surface area contributed by atoms with E-state index in [1.165, 1.54) is 0 Å². The predicted molar refractivity (Wildman–Crippen MR) is 91.9 cm³/mol. The van der Waals surface area contributed by atoms with Crippen molar-refractivity contribution in [2.45, 2.75) is 44.9 Å². The molecule has 2 N–H and O–H groups in total. The van der Waals surface area contributed by atoms with Gasteiger partial charge in [0.2, 0.25) is 5.91 Å². The van der Waals surface area contributed by atoms with E-state index >= 15 is 0 Å². The fraction of sp³-hybridized carbons (Fsp3) is 0.556. The molecule has 1 aromatic carbocycles. The zero-order valence-corrected chi connectivity index (χ0v) is 14.2. The van der Waals surface area contributed by atoms with E-state index in [0.717, 1.165) is 48.5 Å². The lowest BCUT2D eigenvalue weighted by Crippen LogP contribution is -2.45. The third-order valence-electron chi connectivity index (χ3n) is 4.99. The number of amides is 1. The van der Waals surface area contributed by atoms with Gasteiger partial charge in [-0.1, -0.05) is 6.07 Å². The molecule has 4 rings (SSSR count). The first kappa shape index (κ1) is 15.6. The van der Waals surface area contributed by atoms with Crippen LogP contribution in [0.2, 0.25) is 0 Å². The molecule has 1 aromatic heterocycles. The zero-order valence-electron chi connectivity index (χ0n) is 14.2. The Hall–Kier alpha value is -1.92. The molecule has 0 saturated carbocycles. The van der Waals surface area contributed by atoms with Gasteiger partial charge >= 0.3 is 0 Å². The summed E-state index contributed by atoms with van der Waals surface area (Å²) in [5.41, 5.74) is 2.94. The first-order valence-electron chi connectivity index (χ1n) is 8.67. The number of rotatable bonds is 3. The number of aryl methyl sites for hydroxylation is 1. The third kappa shape index (κ3) is 3.16. The number of nitrogens with zero attached hydrogens (tertiary/aromatic N) is 2. The van der Waals surface area contributed by atoms with Crippen molar-refractivity contribution < 1.29 is 9.53 Å². The number of carbonyl (C=O) groups is 1. The van der Waals surface area contributed by atoms with Gasteiger partial charge in [-0.2, -0.15) is 0 Å². The summed E-state index contributed by atoms with van der Waals surface area (Å²) in [5, 5.41) is 3.19. The molecule has 0 unspecified atom stereocenters. The van der Waals surface area contributed by atoms with Gasteiger partial charge in [0.15, 0.2) is 0 Å². The van der Waals surface area contributed by atoms with Gasteiger partial charge in [-0.25, -0.2) is 4.98 Å². The molecule has 2 fully saturated rings. The van der Waals surface area contributed by atoms with E-state index in [1.807, 2.05) is 25.1 Å². The molecular weight excluding hydrogens is 304 g/mol. The van der Waals surface area contributed by atoms with E-state index in [-0.39, 0.29) is 11.9 Å². The SMILES string of the molecule is Cc1nc2ccc(CC(=O)N[C@H]3C[C@H]4CO[C@H](C)CN4C3)cc2[nH]1. The minimum absolute atomic E-state index is 0.0874. The second-order valence-electron chi connectivity index (χ2n) is 7.10. The Balaban J connectivity index is 1.36. The van der Waals surface area contributed by atoms with Crippen LogP contribution in [0, 0.1) is 6.92 Å². The van der Waals surface area contributed by atoms with Gasteiger partial charge in [0.25, 0.3) is 0 Å². The van der Waals surface area contributed by atoms with Crippen LogP contribution in [0.5, 0.6) is 0 Å². The van der Waals surface area contributed by atoms with Crippen molar-refractivity contribution in [3.8, 4) is 0 Å². The molecule has 2 aliphatic heterocycles. The summed E-state index contributed by atoms with van der Waals surface area (Å²) >= 11 is 0. The number of aromatic amines is 1. The molecule has 1 amide bonds. The average molecular weight is 328 g/mol. The standard InChI is InChI=1S/C18H24N4O2/c1-11-8-22-9-14(7-15(22)10-24-11)21-18(23)6-13-3-4-16-17(5-13)20-12(2)19-16/h3-5,11,14-15H,6-10H2,1-2H3,(H,19,20)(H,21,23)/t11-,14+,15+/m1/s1. The van der Waals surface area contributed by atoms with E-state index in [2.05, 4.69) is 27.1 Å². The maximum Gasteiger partial charge on any atom is 0.224 e. The van der Waals surface area contributed by atoms with Crippen LogP contribution in [0.1, 0.15) is 24.7 Å². The fourth-order valence-corrected chi connectivity index (χ4v) is 3.90. The number of ether oxygens (including phenoxy) is 1. The molecule has 128 valence electrons. The lowest BCUT2D eigenvalue weighted by Gasteiger charge is -2.33. The lowest BCUT2D eigenvalue weighted by atomic mass is 10.1. The predicted octanol–water partition coefficient (Wildman–Crippen LogP) is 1.39. The van der Waals surface area contributed by atoms with Crippen molar-refractivity contribution in [3.63, 3.8) is 0 Å². The second kappa shape index (κ2) is 6.18. The molecule has 2 aliphatic rings. The molecule has 24 heavy (non-hydrogen) atoms. The van der Waals surface area contributed by atoms with Gasteiger partial charge in [0.1, 0.15) is 5.82 Å². The summed E-state index contributed by atoms with van der Waals surface area (Å²) in [4.78, 5) is 22.4. The van der Waals surface area contributed by atoms with Crippen molar-refractivity contribution in [1.82, 2.24) is 20.2 Å². The number of nitrogens with one attached hydrogen (secondary N) is 2. The lowest BCUT2D eigenvalue weighted by molar-refractivity contribution is -0.121. The molecule has 0 spiro atoms. The average Bonchev–Trinajstić information content (AvgIpc) is 3.07. The van der Waals surface area contributed by atoms with Crippen molar-refractivity contribution in [3.05, 3.63) is 29.6 Å². The molecule has 6 nitrogen and oxygen atoms in total. The largest absolute Gasteiger partial charge is 0.376 e.